The molecule has 1 aromatic heterocycles. The summed E-state index contributed by atoms with van der Waals surface area (Å²) in [5.74, 6) is 4.76. The Balaban J connectivity index is 2.64. The third kappa shape index (κ3) is 1.81. The second-order valence-electron chi connectivity index (χ2n) is 2.35. The van der Waals surface area contributed by atoms with E-state index in [0.717, 1.165) is 5.69 Å². The summed E-state index contributed by atoms with van der Waals surface area (Å²) in [5, 5.41) is 0. The van der Waals surface area contributed by atoms with E-state index in [4.69, 9.17) is 5.84 Å². The summed E-state index contributed by atoms with van der Waals surface area (Å²) in [6.07, 6.45) is 2.22. The monoisotopic (exact) mass is 153 g/mol. The van der Waals surface area contributed by atoms with Crippen LogP contribution >= 0.6 is 0 Å². The van der Waals surface area contributed by atoms with E-state index in [9.17, 15) is 4.79 Å². The summed E-state index contributed by atoms with van der Waals surface area (Å²) in [4.78, 5) is 10.8. The summed E-state index contributed by atoms with van der Waals surface area (Å²) in [6.45, 7) is 0. The van der Waals surface area contributed by atoms with Gasteiger partial charge in [0.1, 0.15) is 0 Å². The lowest BCUT2D eigenvalue weighted by molar-refractivity contribution is -0.120. The number of nitrogens with one attached hydrogen (secondary N) is 1. The second kappa shape index (κ2) is 3.21. The van der Waals surface area contributed by atoms with E-state index in [2.05, 4.69) is 5.43 Å². The molecule has 4 nitrogen and oxygen atoms in total. The number of carbonyl (C=O) groups excluding carboxylic acids is 1. The summed E-state index contributed by atoms with van der Waals surface area (Å²) < 4.78 is 1.88. The molecule has 1 aromatic rings. The third-order valence-corrected chi connectivity index (χ3v) is 1.55. The van der Waals surface area contributed by atoms with Crippen molar-refractivity contribution >= 4 is 5.91 Å². The first-order valence-electron chi connectivity index (χ1n) is 3.33. The van der Waals surface area contributed by atoms with Crippen LogP contribution in [0.2, 0.25) is 0 Å². The van der Waals surface area contributed by atoms with E-state index in [1.54, 1.807) is 0 Å². The first-order valence-corrected chi connectivity index (χ1v) is 3.33. The number of hydrogen-bond donors (Lipinski definition) is 2. The van der Waals surface area contributed by atoms with Gasteiger partial charge in [0, 0.05) is 18.9 Å². The summed E-state index contributed by atoms with van der Waals surface area (Å²) >= 11 is 0. The molecular formula is C7H11N3O. The fourth-order valence-corrected chi connectivity index (χ4v) is 0.896. The van der Waals surface area contributed by atoms with Crippen molar-refractivity contribution in [1.29, 1.82) is 0 Å². The van der Waals surface area contributed by atoms with Crippen LogP contribution < -0.4 is 11.3 Å². The molecule has 3 N–H and O–H groups in total. The molecule has 1 rings (SSSR count). The highest BCUT2D eigenvalue weighted by Crippen LogP contribution is 1.99. The molecule has 4 heteroatoms. The Kier molecular flexibility index (Phi) is 2.28. The molecule has 0 atom stereocenters. The SMILES string of the molecule is Cn1cccc1CC(=O)NN. The Morgan fingerprint density at radius 1 is 1.82 bits per heavy atom. The molecule has 0 aliphatic heterocycles. The van der Waals surface area contributed by atoms with Crippen molar-refractivity contribution in [2.24, 2.45) is 12.9 Å². The molecule has 0 radical (unpaired) electrons. The predicted molar refractivity (Wildman–Crippen MR) is 41.4 cm³/mol. The number of nitrogens with zero attached hydrogens (tertiary/aromatic N) is 1. The van der Waals surface area contributed by atoms with Gasteiger partial charge in [-0.05, 0) is 12.1 Å². The molecule has 0 bridgehead atoms. The van der Waals surface area contributed by atoms with Gasteiger partial charge < -0.3 is 4.57 Å². The minimum Gasteiger partial charge on any atom is -0.354 e. The highest BCUT2D eigenvalue weighted by molar-refractivity contribution is 5.77. The van der Waals surface area contributed by atoms with Gasteiger partial charge in [-0.15, -0.1) is 0 Å². The topological polar surface area (TPSA) is 60.0 Å². The molecule has 0 spiro atoms. The van der Waals surface area contributed by atoms with Crippen LogP contribution in [0.25, 0.3) is 0 Å². The lowest BCUT2D eigenvalue weighted by Gasteiger charge is -2.00. The second-order valence-corrected chi connectivity index (χ2v) is 2.35. The van der Waals surface area contributed by atoms with Crippen LogP contribution in [-0.2, 0) is 18.3 Å². The van der Waals surface area contributed by atoms with Crippen molar-refractivity contribution in [3.8, 4) is 0 Å². The lowest BCUT2D eigenvalue weighted by atomic mass is 10.3. The normalized spacial score (nSPS) is 9.64. The summed E-state index contributed by atoms with van der Waals surface area (Å²) in [6, 6.07) is 3.77. The van der Waals surface area contributed by atoms with E-state index in [-0.39, 0.29) is 5.91 Å². The standard InChI is InChI=1S/C7H11N3O/c1-10-4-2-3-6(10)5-7(11)9-8/h2-4H,5,8H2,1H3,(H,9,11). The molecule has 0 fully saturated rings. The van der Waals surface area contributed by atoms with Crippen molar-refractivity contribution < 1.29 is 4.79 Å². The van der Waals surface area contributed by atoms with Crippen LogP contribution in [0.1, 0.15) is 5.69 Å². The zero-order valence-corrected chi connectivity index (χ0v) is 6.37. The van der Waals surface area contributed by atoms with Crippen LogP contribution in [0.15, 0.2) is 18.3 Å². The number of rotatable bonds is 2. The van der Waals surface area contributed by atoms with E-state index in [1.165, 1.54) is 0 Å². The van der Waals surface area contributed by atoms with Gasteiger partial charge in [-0.25, -0.2) is 5.84 Å². The fourth-order valence-electron chi connectivity index (χ4n) is 0.896. The van der Waals surface area contributed by atoms with Gasteiger partial charge in [0.2, 0.25) is 5.91 Å². The van der Waals surface area contributed by atoms with E-state index in [1.807, 2.05) is 29.9 Å². The summed E-state index contributed by atoms with van der Waals surface area (Å²) in [7, 11) is 1.89. The van der Waals surface area contributed by atoms with Crippen molar-refractivity contribution in [3.63, 3.8) is 0 Å². The van der Waals surface area contributed by atoms with Crippen molar-refractivity contribution in [2.45, 2.75) is 6.42 Å². The Hall–Kier alpha value is -1.29. The van der Waals surface area contributed by atoms with Gasteiger partial charge in [0.15, 0.2) is 0 Å². The molecule has 1 amide bonds. The highest BCUT2D eigenvalue weighted by atomic mass is 16.2. The Morgan fingerprint density at radius 2 is 2.55 bits per heavy atom. The van der Waals surface area contributed by atoms with E-state index >= 15 is 0 Å². The quantitative estimate of drug-likeness (QED) is 0.343. The first-order chi connectivity index (χ1) is 5.24. The number of hydrogen-bond acceptors (Lipinski definition) is 2. The maximum Gasteiger partial charge on any atom is 0.239 e. The number of aryl methyl sites for hydroxylation is 1. The van der Waals surface area contributed by atoms with Gasteiger partial charge in [0.25, 0.3) is 0 Å². The number of carbonyl (C=O) groups is 1. The highest BCUT2D eigenvalue weighted by Gasteiger charge is 2.02. The van der Waals surface area contributed by atoms with Crippen LogP contribution in [-0.4, -0.2) is 10.5 Å². The fraction of sp³-hybridized carbons (Fsp3) is 0.286. The minimum atomic E-state index is -0.174. The predicted octanol–water partition coefficient (Wildman–Crippen LogP) is -0.442. The lowest BCUT2D eigenvalue weighted by Crippen LogP contribution is -2.31. The first kappa shape index (κ1) is 7.81. The number of amides is 1. The Morgan fingerprint density at radius 3 is 3.00 bits per heavy atom. The molecule has 0 aliphatic carbocycles. The molecule has 0 unspecified atom stereocenters. The molecule has 0 aliphatic rings. The van der Waals surface area contributed by atoms with Crippen LogP contribution in [0.5, 0.6) is 0 Å². The maximum atomic E-state index is 10.8. The minimum absolute atomic E-state index is 0.174. The smallest absolute Gasteiger partial charge is 0.239 e. The molecule has 60 valence electrons. The van der Waals surface area contributed by atoms with Crippen molar-refractivity contribution in [1.82, 2.24) is 9.99 Å². The van der Waals surface area contributed by atoms with Crippen LogP contribution in [0.4, 0.5) is 0 Å². The average molecular weight is 153 g/mol. The Labute approximate surface area is 65.0 Å². The maximum absolute atomic E-state index is 10.8. The molecule has 0 aromatic carbocycles. The van der Waals surface area contributed by atoms with Crippen molar-refractivity contribution in [3.05, 3.63) is 24.0 Å². The van der Waals surface area contributed by atoms with Gasteiger partial charge in [0.05, 0.1) is 6.42 Å². The number of aromatic nitrogens is 1. The van der Waals surface area contributed by atoms with Crippen LogP contribution in [0.3, 0.4) is 0 Å². The Bertz CT molecular complexity index is 254. The van der Waals surface area contributed by atoms with E-state index in [0.29, 0.717) is 6.42 Å². The average Bonchev–Trinajstić information content (AvgIpc) is 2.37. The van der Waals surface area contributed by atoms with Crippen LogP contribution in [0, 0.1) is 0 Å². The van der Waals surface area contributed by atoms with Gasteiger partial charge in [-0.3, -0.25) is 10.2 Å². The zero-order chi connectivity index (χ0) is 8.27. The molecule has 0 saturated carbocycles. The van der Waals surface area contributed by atoms with Gasteiger partial charge in [-0.2, -0.15) is 0 Å². The number of hydrazine groups is 1. The largest absolute Gasteiger partial charge is 0.354 e. The molecule has 11 heavy (non-hydrogen) atoms. The molecule has 0 saturated heterocycles. The number of nitrogens with two attached hydrogens (primary N) is 1. The van der Waals surface area contributed by atoms with Gasteiger partial charge in [-0.1, -0.05) is 0 Å². The molecular weight excluding hydrogens is 142 g/mol. The third-order valence-electron chi connectivity index (χ3n) is 1.55. The van der Waals surface area contributed by atoms with Gasteiger partial charge >= 0.3 is 0 Å². The van der Waals surface area contributed by atoms with E-state index < -0.39 is 0 Å². The molecule has 1 heterocycles. The zero-order valence-electron chi connectivity index (χ0n) is 6.37. The van der Waals surface area contributed by atoms with Crippen molar-refractivity contribution in [2.75, 3.05) is 0 Å². The summed E-state index contributed by atoms with van der Waals surface area (Å²) in [5.41, 5.74) is 3.03.